The SMILES string of the molecule is Cc1ccccc1CCC(CCN)c1ccccc1. The smallest absolute Gasteiger partial charge is 0.00714 e. The van der Waals surface area contributed by atoms with Crippen LogP contribution >= 0.6 is 0 Å². The molecular formula is C18H23N. The van der Waals surface area contributed by atoms with Gasteiger partial charge in [0.05, 0.1) is 0 Å². The van der Waals surface area contributed by atoms with Crippen LogP contribution in [-0.2, 0) is 6.42 Å². The maximum absolute atomic E-state index is 5.77. The maximum Gasteiger partial charge on any atom is -0.00714 e. The number of nitrogens with two attached hydrogens (primary N) is 1. The van der Waals surface area contributed by atoms with Crippen molar-refractivity contribution in [1.82, 2.24) is 0 Å². The van der Waals surface area contributed by atoms with Crippen LogP contribution in [0.4, 0.5) is 0 Å². The molecular weight excluding hydrogens is 230 g/mol. The van der Waals surface area contributed by atoms with Crippen LogP contribution in [0.1, 0.15) is 35.4 Å². The van der Waals surface area contributed by atoms with Gasteiger partial charge in [-0.25, -0.2) is 0 Å². The lowest BCUT2D eigenvalue weighted by atomic mass is 9.89. The van der Waals surface area contributed by atoms with Crippen LogP contribution in [-0.4, -0.2) is 6.54 Å². The van der Waals surface area contributed by atoms with Gasteiger partial charge in [0.1, 0.15) is 0 Å². The van der Waals surface area contributed by atoms with E-state index in [9.17, 15) is 0 Å². The Morgan fingerprint density at radius 2 is 1.58 bits per heavy atom. The van der Waals surface area contributed by atoms with Crippen LogP contribution in [0.5, 0.6) is 0 Å². The molecule has 1 unspecified atom stereocenters. The molecule has 2 aromatic rings. The largest absolute Gasteiger partial charge is 0.330 e. The number of benzene rings is 2. The van der Waals surface area contributed by atoms with Crippen molar-refractivity contribution in [3.05, 3.63) is 71.3 Å². The Kier molecular flexibility index (Phi) is 5.17. The number of aryl methyl sites for hydroxylation is 2. The third kappa shape index (κ3) is 3.93. The van der Waals surface area contributed by atoms with Crippen LogP contribution in [0.3, 0.4) is 0 Å². The molecule has 2 rings (SSSR count). The Balaban J connectivity index is 2.04. The van der Waals surface area contributed by atoms with Gasteiger partial charge in [0.2, 0.25) is 0 Å². The molecule has 0 aliphatic carbocycles. The third-order valence-corrected chi connectivity index (χ3v) is 3.81. The molecule has 1 atom stereocenters. The second kappa shape index (κ2) is 7.10. The minimum Gasteiger partial charge on any atom is -0.330 e. The second-order valence-electron chi connectivity index (χ2n) is 5.15. The Hall–Kier alpha value is -1.60. The van der Waals surface area contributed by atoms with Crippen molar-refractivity contribution in [2.75, 3.05) is 6.54 Å². The van der Waals surface area contributed by atoms with Gasteiger partial charge in [0, 0.05) is 0 Å². The zero-order chi connectivity index (χ0) is 13.5. The zero-order valence-electron chi connectivity index (χ0n) is 11.7. The van der Waals surface area contributed by atoms with Crippen molar-refractivity contribution in [1.29, 1.82) is 0 Å². The molecule has 1 nitrogen and oxygen atoms in total. The van der Waals surface area contributed by atoms with Crippen LogP contribution < -0.4 is 5.73 Å². The monoisotopic (exact) mass is 253 g/mol. The summed E-state index contributed by atoms with van der Waals surface area (Å²) in [6.45, 7) is 2.95. The van der Waals surface area contributed by atoms with E-state index in [1.165, 1.54) is 23.1 Å². The second-order valence-corrected chi connectivity index (χ2v) is 5.15. The lowest BCUT2D eigenvalue weighted by Crippen LogP contribution is -2.08. The topological polar surface area (TPSA) is 26.0 Å². The first kappa shape index (κ1) is 13.8. The quantitative estimate of drug-likeness (QED) is 0.825. The van der Waals surface area contributed by atoms with E-state index in [-0.39, 0.29) is 0 Å². The minimum atomic E-state index is 0.575. The fraction of sp³-hybridized carbons (Fsp3) is 0.333. The molecule has 1 heteroatoms. The van der Waals surface area contributed by atoms with Crippen LogP contribution in [0.15, 0.2) is 54.6 Å². The highest BCUT2D eigenvalue weighted by atomic mass is 14.5. The third-order valence-electron chi connectivity index (χ3n) is 3.81. The predicted molar refractivity (Wildman–Crippen MR) is 82.4 cm³/mol. The van der Waals surface area contributed by atoms with Gasteiger partial charge in [-0.05, 0) is 55.3 Å². The van der Waals surface area contributed by atoms with Crippen LogP contribution in [0, 0.1) is 6.92 Å². The Labute approximate surface area is 116 Å². The van der Waals surface area contributed by atoms with E-state index in [1.54, 1.807) is 0 Å². The van der Waals surface area contributed by atoms with E-state index in [0.717, 1.165) is 19.4 Å². The summed E-state index contributed by atoms with van der Waals surface area (Å²) in [5.74, 6) is 0.575. The van der Waals surface area contributed by atoms with Gasteiger partial charge in [-0.3, -0.25) is 0 Å². The van der Waals surface area contributed by atoms with Crippen molar-refractivity contribution in [3.8, 4) is 0 Å². The van der Waals surface area contributed by atoms with E-state index in [1.807, 2.05) is 0 Å². The summed E-state index contributed by atoms with van der Waals surface area (Å²) < 4.78 is 0. The highest BCUT2D eigenvalue weighted by Gasteiger charge is 2.11. The fourth-order valence-electron chi connectivity index (χ4n) is 2.62. The van der Waals surface area contributed by atoms with Gasteiger partial charge in [-0.1, -0.05) is 54.6 Å². The molecule has 2 aromatic carbocycles. The van der Waals surface area contributed by atoms with Gasteiger partial charge in [-0.2, -0.15) is 0 Å². The van der Waals surface area contributed by atoms with Gasteiger partial charge in [-0.15, -0.1) is 0 Å². The summed E-state index contributed by atoms with van der Waals surface area (Å²) in [6.07, 6.45) is 3.37. The van der Waals surface area contributed by atoms with Crippen molar-refractivity contribution in [2.45, 2.75) is 32.1 Å². The van der Waals surface area contributed by atoms with Gasteiger partial charge < -0.3 is 5.73 Å². The average Bonchev–Trinajstić information content (AvgIpc) is 2.46. The van der Waals surface area contributed by atoms with E-state index in [0.29, 0.717) is 5.92 Å². The summed E-state index contributed by atoms with van der Waals surface area (Å²) in [7, 11) is 0. The van der Waals surface area contributed by atoms with Crippen LogP contribution in [0.2, 0.25) is 0 Å². The van der Waals surface area contributed by atoms with Crippen molar-refractivity contribution in [2.24, 2.45) is 5.73 Å². The highest BCUT2D eigenvalue weighted by molar-refractivity contribution is 5.26. The number of rotatable bonds is 6. The summed E-state index contributed by atoms with van der Waals surface area (Å²) >= 11 is 0. The van der Waals surface area contributed by atoms with Gasteiger partial charge >= 0.3 is 0 Å². The van der Waals surface area contributed by atoms with Crippen LogP contribution in [0.25, 0.3) is 0 Å². The summed E-state index contributed by atoms with van der Waals surface area (Å²) in [5.41, 5.74) is 10.0. The molecule has 19 heavy (non-hydrogen) atoms. The van der Waals surface area contributed by atoms with Gasteiger partial charge in [0.15, 0.2) is 0 Å². The first-order chi connectivity index (χ1) is 9.31. The standard InChI is InChI=1S/C18H23N/c1-15-7-5-6-8-16(15)11-12-18(13-14-19)17-9-3-2-4-10-17/h2-10,18H,11-14,19H2,1H3. The highest BCUT2D eigenvalue weighted by Crippen LogP contribution is 2.25. The molecule has 0 aliphatic rings. The average molecular weight is 253 g/mol. The summed E-state index contributed by atoms with van der Waals surface area (Å²) in [5, 5.41) is 0. The fourth-order valence-corrected chi connectivity index (χ4v) is 2.62. The van der Waals surface area contributed by atoms with Gasteiger partial charge in [0.25, 0.3) is 0 Å². The molecule has 0 radical (unpaired) electrons. The molecule has 0 spiro atoms. The van der Waals surface area contributed by atoms with E-state index in [2.05, 4.69) is 61.5 Å². The zero-order valence-corrected chi connectivity index (χ0v) is 11.7. The Bertz CT molecular complexity index is 490. The Morgan fingerprint density at radius 3 is 2.26 bits per heavy atom. The molecule has 2 N–H and O–H groups in total. The van der Waals surface area contributed by atoms with Crippen molar-refractivity contribution in [3.63, 3.8) is 0 Å². The first-order valence-corrected chi connectivity index (χ1v) is 7.11. The minimum absolute atomic E-state index is 0.575. The van der Waals surface area contributed by atoms with Crippen molar-refractivity contribution >= 4 is 0 Å². The molecule has 0 amide bonds. The van der Waals surface area contributed by atoms with Crippen molar-refractivity contribution < 1.29 is 0 Å². The predicted octanol–water partition coefficient (Wildman–Crippen LogP) is 4.06. The summed E-state index contributed by atoms with van der Waals surface area (Å²) in [4.78, 5) is 0. The number of hydrogen-bond acceptors (Lipinski definition) is 1. The normalized spacial score (nSPS) is 12.3. The number of hydrogen-bond donors (Lipinski definition) is 1. The molecule has 0 saturated heterocycles. The van der Waals surface area contributed by atoms with E-state index in [4.69, 9.17) is 5.73 Å². The lowest BCUT2D eigenvalue weighted by Gasteiger charge is -2.17. The first-order valence-electron chi connectivity index (χ1n) is 7.11. The molecule has 100 valence electrons. The van der Waals surface area contributed by atoms with E-state index < -0.39 is 0 Å². The molecule has 0 fully saturated rings. The molecule has 0 aromatic heterocycles. The maximum atomic E-state index is 5.77. The molecule has 0 aliphatic heterocycles. The summed E-state index contributed by atoms with van der Waals surface area (Å²) in [6, 6.07) is 19.4. The molecule has 0 heterocycles. The molecule has 0 saturated carbocycles. The lowest BCUT2D eigenvalue weighted by molar-refractivity contribution is 0.583. The molecule has 0 bridgehead atoms. The van der Waals surface area contributed by atoms with E-state index >= 15 is 0 Å². The Morgan fingerprint density at radius 1 is 0.895 bits per heavy atom.